The fourth-order valence-corrected chi connectivity index (χ4v) is 4.47. The third kappa shape index (κ3) is 6.33. The van der Waals surface area contributed by atoms with Crippen LogP contribution in [0.1, 0.15) is 27.6 Å². The minimum Gasteiger partial charge on any atom is -0.494 e. The van der Waals surface area contributed by atoms with Gasteiger partial charge in [-0.05, 0) is 73.7 Å². The maximum atomic E-state index is 12.7. The molecule has 0 atom stereocenters. The van der Waals surface area contributed by atoms with Crippen LogP contribution in [0.5, 0.6) is 5.75 Å². The molecule has 1 heterocycles. The van der Waals surface area contributed by atoms with E-state index in [1.165, 1.54) is 0 Å². The lowest BCUT2D eigenvalue weighted by molar-refractivity contribution is 0.0746. The Morgan fingerprint density at radius 3 is 2.28 bits per heavy atom. The number of amides is 2. The number of nitrogens with one attached hydrogen (secondary N) is 2. The van der Waals surface area contributed by atoms with Gasteiger partial charge in [-0.15, -0.1) is 0 Å². The number of thiocarbonyl (C=S) groups is 1. The second kappa shape index (κ2) is 11.9. The molecule has 0 radical (unpaired) electrons. The number of halogens is 1. The molecule has 2 N–H and O–H groups in total. The van der Waals surface area contributed by atoms with Crippen molar-refractivity contribution >= 4 is 52.1 Å². The fraction of sp³-hybridized carbons (Fsp3) is 0.222. The lowest BCUT2D eigenvalue weighted by Gasteiger charge is -2.36. The van der Waals surface area contributed by atoms with E-state index in [2.05, 4.69) is 15.5 Å². The predicted octanol–water partition coefficient (Wildman–Crippen LogP) is 4.83. The topological polar surface area (TPSA) is 73.9 Å². The van der Waals surface area contributed by atoms with Gasteiger partial charge in [-0.2, -0.15) is 0 Å². The van der Waals surface area contributed by atoms with Crippen LogP contribution in [0.3, 0.4) is 0 Å². The summed E-state index contributed by atoms with van der Waals surface area (Å²) >= 11 is 11.9. The molecule has 0 bridgehead atoms. The van der Waals surface area contributed by atoms with Gasteiger partial charge in [0.05, 0.1) is 17.3 Å². The lowest BCUT2D eigenvalue weighted by atomic mass is 10.1. The van der Waals surface area contributed by atoms with Crippen LogP contribution in [0.2, 0.25) is 5.02 Å². The number of piperazine rings is 1. The molecule has 1 aliphatic heterocycles. The van der Waals surface area contributed by atoms with Gasteiger partial charge in [0.15, 0.2) is 5.11 Å². The molecule has 36 heavy (non-hydrogen) atoms. The highest BCUT2D eigenvalue weighted by Gasteiger charge is 2.23. The van der Waals surface area contributed by atoms with Crippen molar-refractivity contribution < 1.29 is 14.3 Å². The number of hydrogen-bond donors (Lipinski definition) is 2. The number of hydrogen-bond acceptors (Lipinski definition) is 5. The average molecular weight is 523 g/mol. The molecule has 1 aliphatic rings. The number of ether oxygens (including phenoxy) is 1. The molecule has 3 aromatic rings. The quantitative estimate of drug-likeness (QED) is 0.452. The van der Waals surface area contributed by atoms with E-state index in [1.807, 2.05) is 54.3 Å². The Morgan fingerprint density at radius 2 is 1.64 bits per heavy atom. The number of benzene rings is 3. The molecule has 4 rings (SSSR count). The van der Waals surface area contributed by atoms with Gasteiger partial charge in [0.25, 0.3) is 11.8 Å². The largest absolute Gasteiger partial charge is 0.494 e. The Bertz CT molecular complexity index is 1230. The molecule has 2 amide bonds. The molecular weight excluding hydrogens is 496 g/mol. The average Bonchev–Trinajstić information content (AvgIpc) is 2.89. The summed E-state index contributed by atoms with van der Waals surface area (Å²) < 4.78 is 5.40. The number of carbonyl (C=O) groups is 2. The molecule has 3 aromatic carbocycles. The predicted molar refractivity (Wildman–Crippen MR) is 147 cm³/mol. The van der Waals surface area contributed by atoms with Gasteiger partial charge in [0.2, 0.25) is 0 Å². The summed E-state index contributed by atoms with van der Waals surface area (Å²) in [4.78, 5) is 29.2. The summed E-state index contributed by atoms with van der Waals surface area (Å²) in [5.41, 5.74) is 2.72. The Kier molecular flexibility index (Phi) is 8.40. The highest BCUT2D eigenvalue weighted by Crippen LogP contribution is 2.30. The fourth-order valence-electron chi connectivity index (χ4n) is 3.96. The SMILES string of the molecule is CCOc1ccc(C(=O)NC(=S)Nc2ccc(N3CCN(C(=O)c4ccccc4)CC3)c(Cl)c2)cc1. The number of nitrogens with zero attached hydrogens (tertiary/aromatic N) is 2. The molecule has 0 saturated carbocycles. The van der Waals surface area contributed by atoms with Crippen LogP contribution < -0.4 is 20.3 Å². The first kappa shape index (κ1) is 25.5. The standard InChI is InChI=1S/C27H27ClN4O3S/c1-2-35-22-11-8-19(9-12-22)25(33)30-27(36)29-21-10-13-24(23(28)18-21)31-14-16-32(17-15-31)26(34)20-6-4-3-5-7-20/h3-13,18H,2,14-17H2,1H3,(H2,29,30,33,36). The molecule has 0 unspecified atom stereocenters. The zero-order chi connectivity index (χ0) is 25.5. The highest BCUT2D eigenvalue weighted by molar-refractivity contribution is 7.80. The lowest BCUT2D eigenvalue weighted by Crippen LogP contribution is -2.48. The Balaban J connectivity index is 1.30. The van der Waals surface area contributed by atoms with E-state index in [9.17, 15) is 9.59 Å². The summed E-state index contributed by atoms with van der Waals surface area (Å²) in [6, 6.07) is 21.7. The molecule has 1 fully saturated rings. The van der Waals surface area contributed by atoms with Gasteiger partial charge in [-0.1, -0.05) is 29.8 Å². The first-order chi connectivity index (χ1) is 17.4. The van der Waals surface area contributed by atoms with Crippen molar-refractivity contribution in [3.8, 4) is 5.75 Å². The zero-order valence-electron chi connectivity index (χ0n) is 19.9. The zero-order valence-corrected chi connectivity index (χ0v) is 21.4. The highest BCUT2D eigenvalue weighted by atomic mass is 35.5. The van der Waals surface area contributed by atoms with Crippen molar-refractivity contribution in [1.29, 1.82) is 0 Å². The van der Waals surface area contributed by atoms with Gasteiger partial charge in [0.1, 0.15) is 5.75 Å². The van der Waals surface area contributed by atoms with Crippen LogP contribution in [0, 0.1) is 0 Å². The van der Waals surface area contributed by atoms with Crippen LogP contribution >= 0.6 is 23.8 Å². The number of anilines is 2. The first-order valence-electron chi connectivity index (χ1n) is 11.7. The second-order valence-electron chi connectivity index (χ2n) is 8.18. The Morgan fingerprint density at radius 1 is 0.944 bits per heavy atom. The third-order valence-corrected chi connectivity index (χ3v) is 6.30. The van der Waals surface area contributed by atoms with Crippen molar-refractivity contribution in [2.75, 3.05) is 43.0 Å². The van der Waals surface area contributed by atoms with Crippen molar-refractivity contribution in [3.63, 3.8) is 0 Å². The van der Waals surface area contributed by atoms with Gasteiger partial charge in [-0.3, -0.25) is 14.9 Å². The molecule has 0 aromatic heterocycles. The monoisotopic (exact) mass is 522 g/mol. The molecule has 0 aliphatic carbocycles. The molecule has 186 valence electrons. The Labute approximate surface area is 221 Å². The molecule has 7 nitrogen and oxygen atoms in total. The smallest absolute Gasteiger partial charge is 0.257 e. The minimum absolute atomic E-state index is 0.0432. The van der Waals surface area contributed by atoms with Crippen molar-refractivity contribution in [3.05, 3.63) is 88.9 Å². The van der Waals surface area contributed by atoms with E-state index in [1.54, 1.807) is 30.3 Å². The van der Waals surface area contributed by atoms with Crippen molar-refractivity contribution in [1.82, 2.24) is 10.2 Å². The molecular formula is C27H27ClN4O3S. The molecule has 9 heteroatoms. The maximum Gasteiger partial charge on any atom is 0.257 e. The van der Waals surface area contributed by atoms with Crippen LogP contribution in [0.25, 0.3) is 0 Å². The van der Waals surface area contributed by atoms with Gasteiger partial charge in [0, 0.05) is 43.0 Å². The number of rotatable bonds is 6. The maximum absolute atomic E-state index is 12.7. The van der Waals surface area contributed by atoms with Crippen molar-refractivity contribution in [2.24, 2.45) is 0 Å². The number of carbonyl (C=O) groups excluding carboxylic acids is 2. The van der Waals surface area contributed by atoms with E-state index in [0.29, 0.717) is 60.4 Å². The van der Waals surface area contributed by atoms with Crippen LogP contribution in [-0.2, 0) is 0 Å². The summed E-state index contributed by atoms with van der Waals surface area (Å²) in [5, 5.41) is 6.41. The summed E-state index contributed by atoms with van der Waals surface area (Å²) in [6.45, 7) is 5.06. The van der Waals surface area contributed by atoms with Crippen LogP contribution in [-0.4, -0.2) is 54.6 Å². The minimum atomic E-state index is -0.318. The summed E-state index contributed by atoms with van der Waals surface area (Å²) in [6.07, 6.45) is 0. The second-order valence-corrected chi connectivity index (χ2v) is 8.99. The third-order valence-electron chi connectivity index (χ3n) is 5.79. The van der Waals surface area contributed by atoms with Crippen LogP contribution in [0.4, 0.5) is 11.4 Å². The summed E-state index contributed by atoms with van der Waals surface area (Å²) in [7, 11) is 0. The van der Waals surface area contributed by atoms with Gasteiger partial charge in [-0.25, -0.2) is 0 Å². The first-order valence-corrected chi connectivity index (χ1v) is 12.5. The molecule has 1 saturated heterocycles. The molecule has 0 spiro atoms. The summed E-state index contributed by atoms with van der Waals surface area (Å²) in [5.74, 6) is 0.427. The van der Waals surface area contributed by atoms with Crippen LogP contribution in [0.15, 0.2) is 72.8 Å². The van der Waals surface area contributed by atoms with Crippen molar-refractivity contribution in [2.45, 2.75) is 6.92 Å². The van der Waals surface area contributed by atoms with E-state index < -0.39 is 0 Å². The van der Waals surface area contributed by atoms with E-state index >= 15 is 0 Å². The van der Waals surface area contributed by atoms with E-state index in [4.69, 9.17) is 28.6 Å². The normalized spacial score (nSPS) is 13.2. The van der Waals surface area contributed by atoms with Gasteiger partial charge < -0.3 is 19.9 Å². The van der Waals surface area contributed by atoms with Gasteiger partial charge >= 0.3 is 0 Å². The van der Waals surface area contributed by atoms with E-state index in [0.717, 1.165) is 5.69 Å². The Hall–Kier alpha value is -3.62. The van der Waals surface area contributed by atoms with E-state index in [-0.39, 0.29) is 16.9 Å².